The first kappa shape index (κ1) is 23.3. The fourth-order valence-electron chi connectivity index (χ4n) is 5.14. The maximum atomic E-state index is 14.4. The summed E-state index contributed by atoms with van der Waals surface area (Å²) in [5.74, 6) is -0.135. The van der Waals surface area contributed by atoms with E-state index in [0.717, 1.165) is 0 Å². The Labute approximate surface area is 180 Å². The first-order valence-electron chi connectivity index (χ1n) is 10.5. The smallest absolute Gasteiger partial charge is 0.378 e. The number of carbonyl (C=O) groups excluding carboxylic acids is 1. The number of ether oxygens (including phenoxy) is 1. The Morgan fingerprint density at radius 3 is 2.25 bits per heavy atom. The molecule has 2 fully saturated rings. The molecule has 0 N–H and O–H groups in total. The monoisotopic (exact) mass is 468 g/mol. The van der Waals surface area contributed by atoms with Gasteiger partial charge in [-0.15, -0.1) is 0 Å². The van der Waals surface area contributed by atoms with Gasteiger partial charge >= 0.3 is 18.0 Å². The van der Waals surface area contributed by atoms with Crippen molar-refractivity contribution in [3.63, 3.8) is 0 Å². The molecule has 2 heterocycles. The van der Waals surface area contributed by atoms with E-state index >= 15 is 0 Å². The van der Waals surface area contributed by atoms with Crippen molar-refractivity contribution in [2.45, 2.75) is 49.2 Å². The van der Waals surface area contributed by atoms with Crippen LogP contribution in [0.4, 0.5) is 30.7 Å². The van der Waals surface area contributed by atoms with Gasteiger partial charge in [0.25, 0.3) is 0 Å². The maximum Gasteiger partial charge on any atom is 0.435 e. The van der Waals surface area contributed by atoms with Crippen LogP contribution in [0.5, 0.6) is 0 Å². The molecule has 2 atom stereocenters. The lowest BCUT2D eigenvalue weighted by Crippen LogP contribution is -2.50. The van der Waals surface area contributed by atoms with Gasteiger partial charge in [0, 0.05) is 30.6 Å². The van der Waals surface area contributed by atoms with E-state index in [1.165, 1.54) is 6.07 Å². The number of hydrogen-bond donors (Lipinski definition) is 0. The molecule has 1 aliphatic carbocycles. The molecule has 11 heteroatoms. The molecule has 2 unspecified atom stereocenters. The fraction of sp³-hybridized carbons (Fsp3) is 0.667. The van der Waals surface area contributed by atoms with E-state index in [-0.39, 0.29) is 30.8 Å². The highest BCUT2D eigenvalue weighted by Gasteiger charge is 2.73. The van der Waals surface area contributed by atoms with E-state index in [2.05, 4.69) is 0 Å². The number of carbonyl (C=O) groups is 1. The third kappa shape index (κ3) is 3.87. The molecule has 0 aromatic heterocycles. The highest BCUT2D eigenvalue weighted by atomic mass is 19.4. The second kappa shape index (κ2) is 8.16. The largest absolute Gasteiger partial charge is 0.435 e. The Bertz CT molecular complexity index is 851. The Morgan fingerprint density at radius 1 is 0.969 bits per heavy atom. The number of hydrogen-bond acceptors (Lipinski definition) is 3. The number of morpholine rings is 1. The molecule has 2 saturated heterocycles. The van der Waals surface area contributed by atoms with E-state index in [1.54, 1.807) is 4.90 Å². The standard InChI is InChI=1S/C21H23F7N2O2/c22-19(20(23,24)25,21(26,27)28)14-2-3-15-13(11-14)1-4-17-16(15)5-6-30(17)12-18(31)29-7-9-32-10-8-29/h2-3,11,16-17H,1,4-10,12H2. The molecule has 1 amide bonds. The summed E-state index contributed by atoms with van der Waals surface area (Å²) in [6, 6.07) is 2.48. The summed E-state index contributed by atoms with van der Waals surface area (Å²) in [5, 5.41) is 0. The third-order valence-electron chi connectivity index (χ3n) is 6.79. The molecule has 4 rings (SSSR count). The Morgan fingerprint density at radius 2 is 1.62 bits per heavy atom. The normalized spacial score (nSPS) is 24.9. The lowest BCUT2D eigenvalue weighted by molar-refractivity contribution is -0.348. The van der Waals surface area contributed by atoms with Crippen LogP contribution >= 0.6 is 0 Å². The van der Waals surface area contributed by atoms with Crippen LogP contribution < -0.4 is 0 Å². The molecule has 4 nitrogen and oxygen atoms in total. The second-order valence-corrected chi connectivity index (χ2v) is 8.53. The van der Waals surface area contributed by atoms with Crippen molar-refractivity contribution in [1.29, 1.82) is 0 Å². The summed E-state index contributed by atoms with van der Waals surface area (Å²) >= 11 is 0. The highest BCUT2D eigenvalue weighted by molar-refractivity contribution is 5.78. The second-order valence-electron chi connectivity index (χ2n) is 8.53. The van der Waals surface area contributed by atoms with Crippen LogP contribution in [0.3, 0.4) is 0 Å². The van der Waals surface area contributed by atoms with Crippen molar-refractivity contribution in [3.05, 3.63) is 34.9 Å². The lowest BCUT2D eigenvalue weighted by Gasteiger charge is -2.36. The Balaban J connectivity index is 1.54. The van der Waals surface area contributed by atoms with Crippen LogP contribution in [-0.4, -0.2) is 73.5 Å². The topological polar surface area (TPSA) is 32.8 Å². The van der Waals surface area contributed by atoms with Crippen molar-refractivity contribution in [3.8, 4) is 0 Å². The van der Waals surface area contributed by atoms with Crippen LogP contribution in [0.1, 0.15) is 35.4 Å². The molecule has 0 saturated carbocycles. The summed E-state index contributed by atoms with van der Waals surface area (Å²) in [6.07, 6.45) is -10.9. The molecule has 0 spiro atoms. The fourth-order valence-corrected chi connectivity index (χ4v) is 5.14. The minimum absolute atomic E-state index is 0.0207. The van der Waals surface area contributed by atoms with Gasteiger partial charge in [-0.1, -0.05) is 18.2 Å². The first-order chi connectivity index (χ1) is 14.9. The van der Waals surface area contributed by atoms with Gasteiger partial charge in [-0.05, 0) is 36.9 Å². The average Bonchev–Trinajstić information content (AvgIpc) is 3.14. The molecule has 1 aromatic carbocycles. The van der Waals surface area contributed by atoms with Gasteiger partial charge in [0.2, 0.25) is 5.91 Å². The van der Waals surface area contributed by atoms with Crippen LogP contribution in [0.2, 0.25) is 0 Å². The van der Waals surface area contributed by atoms with Gasteiger partial charge in [0.05, 0.1) is 19.8 Å². The maximum absolute atomic E-state index is 14.4. The summed E-state index contributed by atoms with van der Waals surface area (Å²) in [6.45, 7) is 2.83. The van der Waals surface area contributed by atoms with Crippen molar-refractivity contribution in [2.24, 2.45) is 0 Å². The lowest BCUT2D eigenvalue weighted by atomic mass is 9.77. The number of halogens is 7. The number of aryl methyl sites for hydroxylation is 1. The van der Waals surface area contributed by atoms with E-state index in [1.807, 2.05) is 4.90 Å². The zero-order valence-electron chi connectivity index (χ0n) is 17.1. The van der Waals surface area contributed by atoms with Crippen LogP contribution in [-0.2, 0) is 21.6 Å². The van der Waals surface area contributed by atoms with Crippen molar-refractivity contribution < 1.29 is 40.3 Å². The van der Waals surface area contributed by atoms with E-state index in [9.17, 15) is 35.5 Å². The van der Waals surface area contributed by atoms with E-state index in [4.69, 9.17) is 4.74 Å². The molecule has 0 bridgehead atoms. The predicted octanol–water partition coefficient (Wildman–Crippen LogP) is 3.94. The quantitative estimate of drug-likeness (QED) is 0.631. The number of nitrogens with zero attached hydrogens (tertiary/aromatic N) is 2. The van der Waals surface area contributed by atoms with Crippen molar-refractivity contribution >= 4 is 5.91 Å². The Kier molecular flexibility index (Phi) is 5.94. The molecule has 3 aliphatic rings. The number of fused-ring (bicyclic) bond motifs is 3. The highest BCUT2D eigenvalue weighted by Crippen LogP contribution is 2.54. The van der Waals surface area contributed by atoms with E-state index < -0.39 is 23.6 Å². The zero-order valence-corrected chi connectivity index (χ0v) is 17.1. The zero-order chi connectivity index (χ0) is 23.3. The van der Waals surface area contributed by atoms with Gasteiger partial charge in [-0.2, -0.15) is 26.3 Å². The summed E-state index contributed by atoms with van der Waals surface area (Å²) in [7, 11) is 0. The molecular weight excluding hydrogens is 445 g/mol. The van der Waals surface area contributed by atoms with Gasteiger partial charge in [0.1, 0.15) is 0 Å². The summed E-state index contributed by atoms with van der Waals surface area (Å²) in [5.41, 5.74) is -5.91. The van der Waals surface area contributed by atoms with Gasteiger partial charge in [0.15, 0.2) is 0 Å². The number of benzene rings is 1. The Hall–Kier alpha value is -1.88. The SMILES string of the molecule is O=C(CN1CCC2c3ccc(C(F)(C(F)(F)F)C(F)(F)F)cc3CCC21)N1CCOCC1. The van der Waals surface area contributed by atoms with Crippen molar-refractivity contribution in [1.82, 2.24) is 9.80 Å². The molecular formula is C21H23F7N2O2. The average molecular weight is 468 g/mol. The van der Waals surface area contributed by atoms with Crippen LogP contribution in [0.25, 0.3) is 0 Å². The number of alkyl halides is 7. The number of likely N-dealkylation sites (tertiary alicyclic amines) is 1. The van der Waals surface area contributed by atoms with E-state index in [0.29, 0.717) is 68.9 Å². The third-order valence-corrected chi connectivity index (χ3v) is 6.79. The molecule has 32 heavy (non-hydrogen) atoms. The molecule has 0 radical (unpaired) electrons. The molecule has 178 valence electrons. The van der Waals surface area contributed by atoms with Gasteiger partial charge < -0.3 is 9.64 Å². The summed E-state index contributed by atoms with van der Waals surface area (Å²) < 4.78 is 98.4. The van der Waals surface area contributed by atoms with Gasteiger partial charge in [-0.25, -0.2) is 4.39 Å². The summed E-state index contributed by atoms with van der Waals surface area (Å²) in [4.78, 5) is 16.4. The predicted molar refractivity (Wildman–Crippen MR) is 99.8 cm³/mol. The van der Waals surface area contributed by atoms with Gasteiger partial charge in [-0.3, -0.25) is 9.69 Å². The number of rotatable bonds is 3. The molecule has 1 aromatic rings. The van der Waals surface area contributed by atoms with Crippen molar-refractivity contribution in [2.75, 3.05) is 39.4 Å². The van der Waals surface area contributed by atoms with Crippen LogP contribution in [0.15, 0.2) is 18.2 Å². The number of amides is 1. The molecule has 2 aliphatic heterocycles. The first-order valence-corrected chi connectivity index (χ1v) is 10.5. The minimum atomic E-state index is -6.12. The van der Waals surface area contributed by atoms with Crippen LogP contribution in [0, 0.1) is 0 Å². The minimum Gasteiger partial charge on any atom is -0.378 e.